The molecule has 0 aliphatic carbocycles. The second-order valence-corrected chi connectivity index (χ2v) is 5.28. The molecule has 0 saturated heterocycles. The lowest BCUT2D eigenvalue weighted by molar-refractivity contribution is -0.384. The fourth-order valence-corrected chi connectivity index (χ4v) is 2.31. The molecule has 0 atom stereocenters. The maximum absolute atomic E-state index is 10.7. The van der Waals surface area contributed by atoms with Gasteiger partial charge in [0.05, 0.1) is 17.7 Å². The van der Waals surface area contributed by atoms with E-state index in [4.69, 9.17) is 4.74 Å². The number of hydrazone groups is 1. The number of nitrogens with zero attached hydrogens (tertiary/aromatic N) is 4. The maximum Gasteiger partial charge on any atom is 0.269 e. The molecule has 0 amide bonds. The molecule has 124 valence electrons. The first-order valence-electron chi connectivity index (χ1n) is 7.34. The zero-order valence-corrected chi connectivity index (χ0v) is 13.1. The van der Waals surface area contributed by atoms with Crippen LogP contribution in [0.25, 0.3) is 0 Å². The molecule has 24 heavy (non-hydrogen) atoms. The Balaban J connectivity index is 1.53. The number of hydrogen-bond donors (Lipinski definition) is 1. The van der Waals surface area contributed by atoms with E-state index in [0.717, 1.165) is 23.5 Å². The molecule has 2 aromatic rings. The minimum Gasteiger partial charge on any atom is -0.497 e. The van der Waals surface area contributed by atoms with Crippen molar-refractivity contribution in [3.63, 3.8) is 0 Å². The van der Waals surface area contributed by atoms with Crippen molar-refractivity contribution in [2.45, 2.75) is 6.54 Å². The summed E-state index contributed by atoms with van der Waals surface area (Å²) in [5.41, 5.74) is 5.05. The summed E-state index contributed by atoms with van der Waals surface area (Å²) in [6, 6.07) is 14.1. The first-order chi connectivity index (χ1) is 11.6. The third-order valence-electron chi connectivity index (χ3n) is 3.55. The lowest BCUT2D eigenvalue weighted by Crippen LogP contribution is -2.30. The average Bonchev–Trinajstić information content (AvgIpc) is 3.03. The van der Waals surface area contributed by atoms with Gasteiger partial charge in [-0.15, -0.1) is 5.10 Å². The van der Waals surface area contributed by atoms with Crippen LogP contribution >= 0.6 is 0 Å². The molecule has 0 aromatic heterocycles. The van der Waals surface area contributed by atoms with E-state index in [9.17, 15) is 10.1 Å². The largest absolute Gasteiger partial charge is 0.497 e. The van der Waals surface area contributed by atoms with E-state index in [0.29, 0.717) is 6.67 Å². The lowest BCUT2D eigenvalue weighted by Gasteiger charge is -2.20. The van der Waals surface area contributed by atoms with Crippen molar-refractivity contribution in [1.82, 2.24) is 10.0 Å². The second kappa shape index (κ2) is 6.86. The number of nitrogens with one attached hydrogen (secondary N) is 1. The van der Waals surface area contributed by atoms with E-state index in [-0.39, 0.29) is 5.69 Å². The van der Waals surface area contributed by atoms with E-state index in [1.54, 1.807) is 30.7 Å². The average molecular weight is 327 g/mol. The van der Waals surface area contributed by atoms with Gasteiger partial charge >= 0.3 is 0 Å². The zero-order chi connectivity index (χ0) is 16.9. The molecule has 2 aromatic carbocycles. The molecule has 1 aliphatic heterocycles. The quantitative estimate of drug-likeness (QED) is 0.649. The van der Waals surface area contributed by atoms with Crippen LogP contribution in [0.4, 0.5) is 11.4 Å². The van der Waals surface area contributed by atoms with Crippen molar-refractivity contribution in [3.05, 3.63) is 64.2 Å². The minimum atomic E-state index is -0.422. The Bertz CT molecular complexity index is 730. The Morgan fingerprint density at radius 3 is 2.54 bits per heavy atom. The molecule has 1 aliphatic rings. The van der Waals surface area contributed by atoms with Gasteiger partial charge in [0.1, 0.15) is 18.8 Å². The number of benzene rings is 2. The van der Waals surface area contributed by atoms with Crippen LogP contribution in [0.5, 0.6) is 5.75 Å². The van der Waals surface area contributed by atoms with Gasteiger partial charge in [0.25, 0.3) is 5.69 Å². The molecule has 3 rings (SSSR count). The van der Waals surface area contributed by atoms with Crippen LogP contribution < -0.4 is 10.2 Å². The van der Waals surface area contributed by atoms with Crippen molar-refractivity contribution in [2.75, 3.05) is 19.2 Å². The van der Waals surface area contributed by atoms with Crippen molar-refractivity contribution >= 4 is 17.7 Å². The summed E-state index contributed by atoms with van der Waals surface area (Å²) in [5.74, 6) is 0.829. The van der Waals surface area contributed by atoms with Gasteiger partial charge in [-0.2, -0.15) is 5.12 Å². The van der Waals surface area contributed by atoms with Gasteiger partial charge in [0, 0.05) is 18.7 Å². The summed E-state index contributed by atoms with van der Waals surface area (Å²) in [5, 5.41) is 16.6. The number of nitro groups is 1. The third kappa shape index (κ3) is 3.72. The van der Waals surface area contributed by atoms with Gasteiger partial charge in [-0.3, -0.25) is 15.5 Å². The van der Waals surface area contributed by atoms with Gasteiger partial charge < -0.3 is 9.64 Å². The van der Waals surface area contributed by atoms with Crippen molar-refractivity contribution in [3.8, 4) is 5.75 Å². The molecule has 0 saturated carbocycles. The predicted molar refractivity (Wildman–Crippen MR) is 90.5 cm³/mol. The van der Waals surface area contributed by atoms with Crippen LogP contribution in [-0.4, -0.2) is 35.1 Å². The molecule has 1 heterocycles. The van der Waals surface area contributed by atoms with Crippen molar-refractivity contribution < 1.29 is 9.66 Å². The van der Waals surface area contributed by atoms with E-state index < -0.39 is 4.92 Å². The number of anilines is 1. The van der Waals surface area contributed by atoms with Crippen LogP contribution in [0.2, 0.25) is 0 Å². The summed E-state index contributed by atoms with van der Waals surface area (Å²) < 4.78 is 5.15. The SMILES string of the molecule is COc1ccc(CN2C=NN(Nc3ccc([N+](=O)[O-])cc3)C2)cc1. The number of methoxy groups -OCH3 is 1. The second-order valence-electron chi connectivity index (χ2n) is 5.28. The molecule has 1 N–H and O–H groups in total. The highest BCUT2D eigenvalue weighted by molar-refractivity contribution is 5.57. The molecule has 0 radical (unpaired) electrons. The number of nitro benzene ring substituents is 1. The van der Waals surface area contributed by atoms with Crippen molar-refractivity contribution in [1.29, 1.82) is 0 Å². The maximum atomic E-state index is 10.7. The fourth-order valence-electron chi connectivity index (χ4n) is 2.31. The highest BCUT2D eigenvalue weighted by Gasteiger charge is 2.14. The van der Waals surface area contributed by atoms with Crippen LogP contribution in [-0.2, 0) is 6.54 Å². The zero-order valence-electron chi connectivity index (χ0n) is 13.1. The van der Waals surface area contributed by atoms with E-state index in [1.807, 2.05) is 29.2 Å². The normalized spacial score (nSPS) is 13.2. The Kier molecular flexibility index (Phi) is 4.46. The van der Waals surface area contributed by atoms with Crippen LogP contribution in [0.1, 0.15) is 5.56 Å². The summed E-state index contributed by atoms with van der Waals surface area (Å²) in [6.07, 6.45) is 1.75. The molecule has 0 unspecified atom stereocenters. The molecular formula is C16H17N5O3. The number of ether oxygens (including phenoxy) is 1. The Morgan fingerprint density at radius 1 is 1.21 bits per heavy atom. The number of hydrazine groups is 1. The number of hydrogen-bond acceptors (Lipinski definition) is 7. The van der Waals surface area contributed by atoms with Gasteiger partial charge in [-0.1, -0.05) is 12.1 Å². The van der Waals surface area contributed by atoms with Gasteiger partial charge in [-0.05, 0) is 29.8 Å². The standard InChI is InChI=1S/C16H17N5O3/c1-24-16-8-2-13(3-9-16)10-19-11-17-20(12-19)18-14-4-6-15(7-5-14)21(22)23/h2-9,11,18H,10,12H2,1H3. The van der Waals surface area contributed by atoms with Crippen molar-refractivity contribution in [2.24, 2.45) is 5.10 Å². The Morgan fingerprint density at radius 2 is 1.92 bits per heavy atom. The highest BCUT2D eigenvalue weighted by atomic mass is 16.6. The monoisotopic (exact) mass is 327 g/mol. The first-order valence-corrected chi connectivity index (χ1v) is 7.34. The topological polar surface area (TPSA) is 83.2 Å². The molecule has 0 bridgehead atoms. The van der Waals surface area contributed by atoms with E-state index >= 15 is 0 Å². The molecular weight excluding hydrogens is 310 g/mol. The molecule has 0 fully saturated rings. The summed E-state index contributed by atoms with van der Waals surface area (Å²) in [6.45, 7) is 1.30. The molecule has 8 nitrogen and oxygen atoms in total. The summed E-state index contributed by atoms with van der Waals surface area (Å²) in [4.78, 5) is 12.3. The van der Waals surface area contributed by atoms with Crippen LogP contribution in [0.15, 0.2) is 53.6 Å². The highest BCUT2D eigenvalue weighted by Crippen LogP contribution is 2.18. The van der Waals surface area contributed by atoms with E-state index in [1.165, 1.54) is 12.1 Å². The van der Waals surface area contributed by atoms with Crippen LogP contribution in [0.3, 0.4) is 0 Å². The van der Waals surface area contributed by atoms with E-state index in [2.05, 4.69) is 10.5 Å². The number of non-ortho nitro benzene ring substituents is 1. The van der Waals surface area contributed by atoms with Crippen LogP contribution in [0, 0.1) is 10.1 Å². The van der Waals surface area contributed by atoms with Gasteiger partial charge in [-0.25, -0.2) is 0 Å². The predicted octanol–water partition coefficient (Wildman–Crippen LogP) is 2.65. The Hall–Kier alpha value is -3.29. The number of rotatable bonds is 6. The van der Waals surface area contributed by atoms with Gasteiger partial charge in [0.2, 0.25) is 0 Å². The van der Waals surface area contributed by atoms with Gasteiger partial charge in [0.15, 0.2) is 0 Å². The first kappa shape index (κ1) is 15.6. The minimum absolute atomic E-state index is 0.0617. The molecule has 8 heteroatoms. The fraction of sp³-hybridized carbons (Fsp3) is 0.188. The molecule has 0 spiro atoms. The smallest absolute Gasteiger partial charge is 0.269 e. The summed E-state index contributed by atoms with van der Waals surface area (Å²) >= 11 is 0. The third-order valence-corrected chi connectivity index (χ3v) is 3.55. The Labute approximate surface area is 139 Å². The summed E-state index contributed by atoms with van der Waals surface area (Å²) in [7, 11) is 1.64. The lowest BCUT2D eigenvalue weighted by atomic mass is 10.2.